The van der Waals surface area contributed by atoms with E-state index in [1.807, 2.05) is 20.1 Å². The molecule has 2 aromatic rings. The van der Waals surface area contributed by atoms with Crippen molar-refractivity contribution in [3.63, 3.8) is 0 Å². The number of rotatable bonds is 3. The van der Waals surface area contributed by atoms with Crippen LogP contribution in [0.5, 0.6) is 0 Å². The molecule has 0 unspecified atom stereocenters. The Labute approximate surface area is 153 Å². The van der Waals surface area contributed by atoms with Gasteiger partial charge in [-0.05, 0) is 39.4 Å². The van der Waals surface area contributed by atoms with Crippen molar-refractivity contribution in [3.05, 3.63) is 28.8 Å². The van der Waals surface area contributed by atoms with Gasteiger partial charge in [0.25, 0.3) is 0 Å². The molecule has 0 amide bonds. The van der Waals surface area contributed by atoms with Crippen LogP contribution in [0.4, 0.5) is 11.6 Å². The highest BCUT2D eigenvalue weighted by atomic mass is 32.2. The number of anilines is 2. The molecule has 0 N–H and O–H groups in total. The van der Waals surface area contributed by atoms with E-state index in [1.54, 1.807) is 11.8 Å². The van der Waals surface area contributed by atoms with Crippen molar-refractivity contribution in [2.24, 2.45) is 0 Å². The summed E-state index contributed by atoms with van der Waals surface area (Å²) < 4.78 is 0. The number of piperazine rings is 1. The monoisotopic (exact) mass is 356 g/mol. The van der Waals surface area contributed by atoms with Crippen molar-refractivity contribution >= 4 is 23.4 Å². The molecule has 2 aliphatic rings. The normalized spacial score (nSPS) is 17.1. The summed E-state index contributed by atoms with van der Waals surface area (Å²) in [5.74, 6) is 3.11. The molecule has 3 heterocycles. The largest absolute Gasteiger partial charge is 0.353 e. The van der Waals surface area contributed by atoms with Crippen LogP contribution in [0.25, 0.3) is 0 Å². The van der Waals surface area contributed by atoms with Crippen molar-refractivity contribution in [2.75, 3.05) is 42.2 Å². The number of aromatic nitrogens is 4. The Kier molecular flexibility index (Phi) is 4.50. The van der Waals surface area contributed by atoms with Crippen LogP contribution in [-0.4, -0.2) is 52.4 Å². The first kappa shape index (κ1) is 16.6. The molecule has 25 heavy (non-hydrogen) atoms. The molecule has 0 radical (unpaired) electrons. The smallest absolute Gasteiger partial charge is 0.189 e. The fraction of sp³-hybridized carbons (Fsp3) is 0.556. The maximum Gasteiger partial charge on any atom is 0.189 e. The zero-order valence-electron chi connectivity index (χ0n) is 15.1. The second kappa shape index (κ2) is 6.78. The van der Waals surface area contributed by atoms with Gasteiger partial charge in [0.15, 0.2) is 5.16 Å². The third-order valence-electron chi connectivity index (χ3n) is 4.93. The molecule has 1 aliphatic heterocycles. The number of hydrogen-bond donors (Lipinski definition) is 0. The molecule has 0 aromatic carbocycles. The van der Waals surface area contributed by atoms with E-state index in [9.17, 15) is 0 Å². The minimum Gasteiger partial charge on any atom is -0.353 e. The molecule has 0 spiro atoms. The topological polar surface area (TPSA) is 58.0 Å². The van der Waals surface area contributed by atoms with Crippen LogP contribution < -0.4 is 9.80 Å². The van der Waals surface area contributed by atoms with Crippen LogP contribution in [0.3, 0.4) is 0 Å². The predicted molar refractivity (Wildman–Crippen MR) is 102 cm³/mol. The standard InChI is InChI=1S/C18H24N6S/c1-12-11-16(22-18(19-12)25-3)23-7-9-24(10-8-23)17-14-5-4-6-15(14)20-13(2)21-17/h11H,4-10H2,1-3H3. The quantitative estimate of drug-likeness (QED) is 0.618. The van der Waals surface area contributed by atoms with Crippen molar-refractivity contribution in [2.45, 2.75) is 38.3 Å². The van der Waals surface area contributed by atoms with Gasteiger partial charge in [-0.1, -0.05) is 11.8 Å². The summed E-state index contributed by atoms with van der Waals surface area (Å²) in [5, 5.41) is 0.849. The van der Waals surface area contributed by atoms with Crippen LogP contribution in [0.1, 0.15) is 29.2 Å². The molecule has 1 fully saturated rings. The van der Waals surface area contributed by atoms with Gasteiger partial charge in [0, 0.05) is 49.2 Å². The molecule has 132 valence electrons. The van der Waals surface area contributed by atoms with Gasteiger partial charge in [-0.25, -0.2) is 19.9 Å². The van der Waals surface area contributed by atoms with Crippen LogP contribution in [0, 0.1) is 13.8 Å². The second-order valence-corrected chi connectivity index (χ2v) is 7.47. The summed E-state index contributed by atoms with van der Waals surface area (Å²) in [4.78, 5) is 23.3. The molecule has 0 saturated carbocycles. The van der Waals surface area contributed by atoms with Crippen molar-refractivity contribution in [1.29, 1.82) is 0 Å². The first-order valence-corrected chi connectivity index (χ1v) is 10.1. The maximum atomic E-state index is 4.78. The Bertz CT molecular complexity index is 785. The fourth-order valence-electron chi connectivity index (χ4n) is 3.72. The highest BCUT2D eigenvalue weighted by molar-refractivity contribution is 7.98. The van der Waals surface area contributed by atoms with Gasteiger partial charge in [-0.2, -0.15) is 0 Å². The fourth-order valence-corrected chi connectivity index (χ4v) is 4.14. The summed E-state index contributed by atoms with van der Waals surface area (Å²) in [5.41, 5.74) is 3.67. The third kappa shape index (κ3) is 3.29. The Morgan fingerprint density at radius 3 is 2.44 bits per heavy atom. The molecular formula is C18H24N6S. The lowest BCUT2D eigenvalue weighted by molar-refractivity contribution is 0.633. The van der Waals surface area contributed by atoms with Gasteiger partial charge < -0.3 is 9.80 Å². The number of nitrogens with zero attached hydrogens (tertiary/aromatic N) is 6. The number of fused-ring (bicyclic) bond motifs is 1. The van der Waals surface area contributed by atoms with E-state index in [4.69, 9.17) is 4.98 Å². The van der Waals surface area contributed by atoms with Crippen molar-refractivity contribution in [3.8, 4) is 0 Å². The Hall–Kier alpha value is -1.89. The lowest BCUT2D eigenvalue weighted by Crippen LogP contribution is -2.47. The Balaban J connectivity index is 1.52. The van der Waals surface area contributed by atoms with Gasteiger partial charge in [0.1, 0.15) is 17.5 Å². The van der Waals surface area contributed by atoms with Crippen LogP contribution in [-0.2, 0) is 12.8 Å². The van der Waals surface area contributed by atoms with Gasteiger partial charge in [-0.15, -0.1) is 0 Å². The minimum atomic E-state index is 0.849. The first-order valence-electron chi connectivity index (χ1n) is 8.90. The van der Waals surface area contributed by atoms with Crippen LogP contribution in [0.2, 0.25) is 0 Å². The maximum absolute atomic E-state index is 4.78. The van der Waals surface area contributed by atoms with E-state index >= 15 is 0 Å². The average Bonchev–Trinajstić information content (AvgIpc) is 3.09. The zero-order chi connectivity index (χ0) is 17.4. The molecule has 0 atom stereocenters. The van der Waals surface area contributed by atoms with Crippen molar-refractivity contribution < 1.29 is 0 Å². The minimum absolute atomic E-state index is 0.849. The molecule has 7 heteroatoms. The van der Waals surface area contributed by atoms with Gasteiger partial charge in [0.05, 0.1) is 0 Å². The molecule has 2 aromatic heterocycles. The highest BCUT2D eigenvalue weighted by Gasteiger charge is 2.25. The number of thioether (sulfide) groups is 1. The van der Waals surface area contributed by atoms with E-state index < -0.39 is 0 Å². The SMILES string of the molecule is CSc1nc(C)cc(N2CCN(c3nc(C)nc4c3CCC4)CC2)n1. The van der Waals surface area contributed by atoms with Gasteiger partial charge >= 0.3 is 0 Å². The van der Waals surface area contributed by atoms with Crippen molar-refractivity contribution in [1.82, 2.24) is 19.9 Å². The van der Waals surface area contributed by atoms with E-state index in [2.05, 4.69) is 30.8 Å². The molecular weight excluding hydrogens is 332 g/mol. The summed E-state index contributed by atoms with van der Waals surface area (Å²) in [7, 11) is 0. The molecule has 0 bridgehead atoms. The van der Waals surface area contributed by atoms with Crippen LogP contribution in [0.15, 0.2) is 11.2 Å². The van der Waals surface area contributed by atoms with E-state index in [1.165, 1.54) is 23.5 Å². The lowest BCUT2D eigenvalue weighted by Gasteiger charge is -2.37. The summed E-state index contributed by atoms with van der Waals surface area (Å²) >= 11 is 1.60. The molecule has 1 aliphatic carbocycles. The number of aryl methyl sites for hydroxylation is 3. The number of hydrogen-bond acceptors (Lipinski definition) is 7. The van der Waals surface area contributed by atoms with Gasteiger partial charge in [-0.3, -0.25) is 0 Å². The highest BCUT2D eigenvalue weighted by Crippen LogP contribution is 2.30. The third-order valence-corrected chi connectivity index (χ3v) is 5.48. The summed E-state index contributed by atoms with van der Waals surface area (Å²) in [6, 6.07) is 2.09. The zero-order valence-corrected chi connectivity index (χ0v) is 15.9. The lowest BCUT2D eigenvalue weighted by atomic mass is 10.2. The first-order chi connectivity index (χ1) is 12.1. The second-order valence-electron chi connectivity index (χ2n) is 6.70. The molecule has 4 rings (SSSR count). The average molecular weight is 356 g/mol. The molecule has 1 saturated heterocycles. The van der Waals surface area contributed by atoms with E-state index in [0.29, 0.717) is 0 Å². The van der Waals surface area contributed by atoms with Gasteiger partial charge in [0.2, 0.25) is 0 Å². The summed E-state index contributed by atoms with van der Waals surface area (Å²) in [6.07, 6.45) is 5.45. The van der Waals surface area contributed by atoms with E-state index in [-0.39, 0.29) is 0 Å². The Morgan fingerprint density at radius 2 is 1.68 bits per heavy atom. The van der Waals surface area contributed by atoms with E-state index in [0.717, 1.165) is 61.5 Å². The molecule has 6 nitrogen and oxygen atoms in total. The predicted octanol–water partition coefficient (Wildman–Crippen LogP) is 2.42. The summed E-state index contributed by atoms with van der Waals surface area (Å²) in [6.45, 7) is 7.91. The Morgan fingerprint density at radius 1 is 0.920 bits per heavy atom. The van der Waals surface area contributed by atoms with Crippen LogP contribution >= 0.6 is 11.8 Å².